The first-order chi connectivity index (χ1) is 7.81. The summed E-state index contributed by atoms with van der Waals surface area (Å²) < 4.78 is 5.07. The molecule has 3 nitrogen and oxygen atoms in total. The van der Waals surface area contributed by atoms with Gasteiger partial charge in [-0.1, -0.05) is 0 Å². The summed E-state index contributed by atoms with van der Waals surface area (Å²) in [7, 11) is 3.83. The summed E-state index contributed by atoms with van der Waals surface area (Å²) in [5.74, 6) is 0. The molecule has 0 bridgehead atoms. The number of ether oxygens (including phenoxy) is 1. The molecule has 0 saturated heterocycles. The van der Waals surface area contributed by atoms with Crippen LogP contribution in [0.2, 0.25) is 0 Å². The Balaban J connectivity index is 2.11. The second kappa shape index (κ2) is 5.14. The fraction of sp³-hybridized carbons (Fsp3) is 0.385. The second-order valence-corrected chi connectivity index (χ2v) is 4.02. The molecule has 0 aliphatic carbocycles. The average Bonchev–Trinajstić information content (AvgIpc) is 2.75. The van der Waals surface area contributed by atoms with E-state index in [9.17, 15) is 0 Å². The van der Waals surface area contributed by atoms with Crippen molar-refractivity contribution in [1.29, 1.82) is 0 Å². The lowest BCUT2D eigenvalue weighted by molar-refractivity contribution is 0.159. The molecule has 0 atom stereocenters. The van der Waals surface area contributed by atoms with E-state index < -0.39 is 0 Å². The molecule has 2 aromatic rings. The fourth-order valence-corrected chi connectivity index (χ4v) is 1.83. The van der Waals surface area contributed by atoms with E-state index in [1.165, 1.54) is 10.9 Å². The predicted octanol–water partition coefficient (Wildman–Crippen LogP) is 2.05. The Morgan fingerprint density at radius 3 is 3.12 bits per heavy atom. The first-order valence-corrected chi connectivity index (χ1v) is 5.45. The zero-order valence-electron chi connectivity index (χ0n) is 9.79. The lowest BCUT2D eigenvalue weighted by atomic mass is 10.1. The number of hydrogen-bond acceptors (Lipinski definition) is 2. The number of fused-ring (bicyclic) bond motifs is 1. The van der Waals surface area contributed by atoms with E-state index in [1.54, 1.807) is 7.11 Å². The maximum Gasteiger partial charge on any atom is 0.0589 e. The largest absolute Gasteiger partial charge is 0.383 e. The van der Waals surface area contributed by atoms with Crippen molar-refractivity contribution >= 4 is 10.9 Å². The molecule has 2 rings (SSSR count). The standard InChI is InChI=1S/C13H17N2O/c1-15(8-9-16-2)10-11-4-3-5-13-12(11)6-7-14-13/h4-7,14H,8-10H2,1-2H3. The van der Waals surface area contributed by atoms with E-state index in [1.807, 2.05) is 12.3 Å². The Morgan fingerprint density at radius 2 is 2.31 bits per heavy atom. The van der Waals surface area contributed by atoms with Crippen LogP contribution < -0.4 is 0 Å². The molecule has 1 aromatic carbocycles. The van der Waals surface area contributed by atoms with Crippen molar-refractivity contribution in [2.45, 2.75) is 6.54 Å². The van der Waals surface area contributed by atoms with Gasteiger partial charge in [0.2, 0.25) is 0 Å². The van der Waals surface area contributed by atoms with Crippen LogP contribution in [0.4, 0.5) is 0 Å². The number of benzene rings is 1. The van der Waals surface area contributed by atoms with Gasteiger partial charge in [0.25, 0.3) is 0 Å². The first-order valence-electron chi connectivity index (χ1n) is 5.45. The molecular weight excluding hydrogens is 200 g/mol. The Hall–Kier alpha value is -1.32. The molecule has 0 amide bonds. The van der Waals surface area contributed by atoms with Crippen molar-refractivity contribution in [3.05, 3.63) is 36.0 Å². The maximum absolute atomic E-state index is 5.07. The van der Waals surface area contributed by atoms with Crippen LogP contribution in [0.5, 0.6) is 0 Å². The van der Waals surface area contributed by atoms with Crippen molar-refractivity contribution in [2.75, 3.05) is 27.3 Å². The second-order valence-electron chi connectivity index (χ2n) is 4.02. The zero-order valence-corrected chi connectivity index (χ0v) is 9.79. The Morgan fingerprint density at radius 1 is 1.44 bits per heavy atom. The molecule has 85 valence electrons. The Kier molecular flexibility index (Phi) is 3.59. The smallest absolute Gasteiger partial charge is 0.0589 e. The minimum absolute atomic E-state index is 0.767. The van der Waals surface area contributed by atoms with Crippen molar-refractivity contribution in [2.24, 2.45) is 0 Å². The zero-order chi connectivity index (χ0) is 11.4. The topological polar surface area (TPSA) is 28.3 Å². The third-order valence-electron chi connectivity index (χ3n) is 2.73. The lowest BCUT2D eigenvalue weighted by Gasteiger charge is -2.16. The summed E-state index contributed by atoms with van der Waals surface area (Å²) in [5, 5.41) is 1.28. The summed E-state index contributed by atoms with van der Waals surface area (Å²) in [5.41, 5.74) is 2.45. The molecular formula is C13H17N2O. The monoisotopic (exact) mass is 217 g/mol. The molecule has 3 heteroatoms. The van der Waals surface area contributed by atoms with Crippen molar-refractivity contribution in [1.82, 2.24) is 9.88 Å². The van der Waals surface area contributed by atoms with Gasteiger partial charge in [-0.15, -0.1) is 0 Å². The Bertz CT molecular complexity index is 450. The van der Waals surface area contributed by atoms with Gasteiger partial charge >= 0.3 is 0 Å². The van der Waals surface area contributed by atoms with Crippen LogP contribution in [0, 0.1) is 6.07 Å². The van der Waals surface area contributed by atoms with Crippen LogP contribution >= 0.6 is 0 Å². The normalized spacial score (nSPS) is 11.4. The number of rotatable bonds is 5. The van der Waals surface area contributed by atoms with Crippen LogP contribution in [0.15, 0.2) is 24.4 Å². The highest BCUT2D eigenvalue weighted by molar-refractivity contribution is 5.82. The number of nitrogens with zero attached hydrogens (tertiary/aromatic N) is 1. The molecule has 0 unspecified atom stereocenters. The molecule has 1 heterocycles. The van der Waals surface area contributed by atoms with Crippen molar-refractivity contribution in [3.63, 3.8) is 0 Å². The highest BCUT2D eigenvalue weighted by Gasteiger charge is 2.04. The highest BCUT2D eigenvalue weighted by Crippen LogP contribution is 2.18. The average molecular weight is 217 g/mol. The Labute approximate surface area is 96.0 Å². The van der Waals surface area contributed by atoms with Gasteiger partial charge in [0.15, 0.2) is 0 Å². The molecule has 1 radical (unpaired) electrons. The molecule has 0 saturated carbocycles. The van der Waals surface area contributed by atoms with E-state index in [2.05, 4.69) is 35.1 Å². The molecule has 0 aliphatic rings. The van der Waals surface area contributed by atoms with E-state index in [0.717, 1.165) is 25.2 Å². The lowest BCUT2D eigenvalue weighted by Crippen LogP contribution is -2.22. The first kappa shape index (κ1) is 11.2. The molecule has 0 aliphatic heterocycles. The van der Waals surface area contributed by atoms with Gasteiger partial charge in [-0.3, -0.25) is 4.90 Å². The number of nitrogens with one attached hydrogen (secondary N) is 1. The highest BCUT2D eigenvalue weighted by atomic mass is 16.5. The van der Waals surface area contributed by atoms with Gasteiger partial charge in [-0.25, -0.2) is 0 Å². The third kappa shape index (κ3) is 2.43. The molecule has 0 fully saturated rings. The summed E-state index contributed by atoms with van der Waals surface area (Å²) in [4.78, 5) is 5.45. The number of likely N-dealkylation sites (N-methyl/N-ethyl adjacent to an activating group) is 1. The van der Waals surface area contributed by atoms with Crippen LogP contribution in [0.25, 0.3) is 10.9 Å². The summed E-state index contributed by atoms with van der Waals surface area (Å²) in [6.45, 7) is 2.63. The summed E-state index contributed by atoms with van der Waals surface area (Å²) in [6.07, 6.45) is 1.97. The van der Waals surface area contributed by atoms with E-state index >= 15 is 0 Å². The predicted molar refractivity (Wildman–Crippen MR) is 65.3 cm³/mol. The molecule has 1 aromatic heterocycles. The van der Waals surface area contributed by atoms with Crippen LogP contribution in [0.3, 0.4) is 0 Å². The summed E-state index contributed by atoms with van der Waals surface area (Å²) in [6, 6.07) is 9.31. The number of methoxy groups -OCH3 is 1. The number of aromatic amines is 1. The van der Waals surface area contributed by atoms with Crippen molar-refractivity contribution < 1.29 is 4.74 Å². The third-order valence-corrected chi connectivity index (χ3v) is 2.73. The van der Waals surface area contributed by atoms with Gasteiger partial charge in [0, 0.05) is 37.3 Å². The van der Waals surface area contributed by atoms with Gasteiger partial charge in [0.05, 0.1) is 6.61 Å². The van der Waals surface area contributed by atoms with Crippen LogP contribution in [-0.4, -0.2) is 37.2 Å². The van der Waals surface area contributed by atoms with Gasteiger partial charge in [-0.2, -0.15) is 0 Å². The number of hydrogen-bond donors (Lipinski definition) is 1. The SMILES string of the molecule is COCCN(C)Cc1c[c]cc2[nH]ccc12. The minimum Gasteiger partial charge on any atom is -0.383 e. The van der Waals surface area contributed by atoms with E-state index in [0.29, 0.717) is 0 Å². The maximum atomic E-state index is 5.07. The van der Waals surface area contributed by atoms with Crippen LogP contribution in [0.1, 0.15) is 5.56 Å². The molecule has 1 N–H and O–H groups in total. The fourth-order valence-electron chi connectivity index (χ4n) is 1.83. The minimum atomic E-state index is 0.767. The van der Waals surface area contributed by atoms with Crippen molar-refractivity contribution in [3.8, 4) is 0 Å². The van der Waals surface area contributed by atoms with Gasteiger partial charge < -0.3 is 9.72 Å². The molecule has 0 spiro atoms. The number of aromatic nitrogens is 1. The van der Waals surface area contributed by atoms with Crippen LogP contribution in [-0.2, 0) is 11.3 Å². The summed E-state index contributed by atoms with van der Waals surface area (Å²) >= 11 is 0. The van der Waals surface area contributed by atoms with Gasteiger partial charge in [0.1, 0.15) is 0 Å². The quantitative estimate of drug-likeness (QED) is 0.830. The van der Waals surface area contributed by atoms with Gasteiger partial charge in [-0.05, 0) is 36.9 Å². The van der Waals surface area contributed by atoms with E-state index in [4.69, 9.17) is 4.74 Å². The molecule has 16 heavy (non-hydrogen) atoms. The van der Waals surface area contributed by atoms with E-state index in [-0.39, 0.29) is 0 Å². The number of H-pyrrole nitrogens is 1.